The average Bonchev–Trinajstić information content (AvgIpc) is 3.23. The van der Waals surface area contributed by atoms with Crippen molar-refractivity contribution in [2.75, 3.05) is 5.32 Å². The molecule has 0 bridgehead atoms. The van der Waals surface area contributed by atoms with Gasteiger partial charge in [-0.05, 0) is 49.2 Å². The number of carbonyl (C=O) groups excluding carboxylic acids is 1. The Bertz CT molecular complexity index is 1050. The minimum Gasteiger partial charge on any atom is -0.298 e. The molecule has 2 heterocycles. The maximum Gasteiger partial charge on any atom is 0.257 e. The molecule has 124 valence electrons. The first kappa shape index (κ1) is 15.9. The van der Waals surface area contributed by atoms with E-state index in [1.54, 1.807) is 11.3 Å². The Hall–Kier alpha value is -2.57. The van der Waals surface area contributed by atoms with Crippen LogP contribution in [0.3, 0.4) is 0 Å². The summed E-state index contributed by atoms with van der Waals surface area (Å²) in [5.74, 6) is -0.145. The Kier molecular flexibility index (Phi) is 4.07. The third-order valence-electron chi connectivity index (χ3n) is 4.01. The van der Waals surface area contributed by atoms with Crippen LogP contribution in [0, 0.1) is 13.8 Å². The zero-order valence-electron chi connectivity index (χ0n) is 13.7. The molecular weight excluding hydrogens is 350 g/mol. The number of amides is 1. The van der Waals surface area contributed by atoms with E-state index < -0.39 is 0 Å². The van der Waals surface area contributed by atoms with Crippen molar-refractivity contribution in [1.82, 2.24) is 9.97 Å². The second-order valence-corrected chi connectivity index (χ2v) is 7.67. The number of nitrogens with one attached hydrogen (secondary N) is 1. The number of carbonyl (C=O) groups is 1. The highest BCUT2D eigenvalue weighted by Crippen LogP contribution is 2.32. The Morgan fingerprint density at radius 3 is 2.68 bits per heavy atom. The maximum atomic E-state index is 12.4. The van der Waals surface area contributed by atoms with E-state index in [0.29, 0.717) is 10.7 Å². The number of aryl methyl sites for hydroxylation is 2. The van der Waals surface area contributed by atoms with Crippen molar-refractivity contribution in [1.29, 1.82) is 0 Å². The van der Waals surface area contributed by atoms with E-state index in [4.69, 9.17) is 0 Å². The monoisotopic (exact) mass is 365 g/mol. The standard InChI is InChI=1S/C19H15N3OS2/c1-11-7-8-13(9-12(11)2)17(23)22-19-21-15(10-24-19)18-20-14-5-3-4-6-16(14)25-18/h3-10H,1-2H3,(H,21,22,23). The van der Waals surface area contributed by atoms with Crippen LogP contribution >= 0.6 is 22.7 Å². The van der Waals surface area contributed by atoms with E-state index in [2.05, 4.69) is 15.3 Å². The molecule has 2 aromatic heterocycles. The third-order valence-corrected chi connectivity index (χ3v) is 5.82. The van der Waals surface area contributed by atoms with Gasteiger partial charge in [-0.15, -0.1) is 22.7 Å². The number of anilines is 1. The summed E-state index contributed by atoms with van der Waals surface area (Å²) >= 11 is 3.01. The summed E-state index contributed by atoms with van der Waals surface area (Å²) in [7, 11) is 0. The van der Waals surface area contributed by atoms with Gasteiger partial charge in [0.05, 0.1) is 10.2 Å². The molecule has 0 aliphatic carbocycles. The minimum absolute atomic E-state index is 0.145. The molecule has 0 atom stereocenters. The molecule has 6 heteroatoms. The van der Waals surface area contributed by atoms with Gasteiger partial charge in [0, 0.05) is 10.9 Å². The number of hydrogen-bond acceptors (Lipinski definition) is 5. The highest BCUT2D eigenvalue weighted by atomic mass is 32.1. The van der Waals surface area contributed by atoms with Crippen molar-refractivity contribution < 1.29 is 4.79 Å². The van der Waals surface area contributed by atoms with E-state index in [1.807, 2.05) is 61.7 Å². The van der Waals surface area contributed by atoms with E-state index in [0.717, 1.165) is 26.5 Å². The van der Waals surface area contributed by atoms with E-state index in [9.17, 15) is 4.79 Å². The molecule has 4 rings (SSSR count). The first-order valence-corrected chi connectivity index (χ1v) is 9.50. The first-order chi connectivity index (χ1) is 12.1. The second kappa shape index (κ2) is 6.38. The van der Waals surface area contributed by atoms with Crippen molar-refractivity contribution in [2.24, 2.45) is 0 Å². The van der Waals surface area contributed by atoms with Gasteiger partial charge in [0.15, 0.2) is 5.13 Å². The molecule has 0 fully saturated rings. The summed E-state index contributed by atoms with van der Waals surface area (Å²) < 4.78 is 1.13. The van der Waals surface area contributed by atoms with Crippen LogP contribution in [0.1, 0.15) is 21.5 Å². The van der Waals surface area contributed by atoms with Crippen LogP contribution in [0.15, 0.2) is 47.8 Å². The quantitative estimate of drug-likeness (QED) is 0.537. The predicted octanol–water partition coefficient (Wildman–Crippen LogP) is 5.29. The van der Waals surface area contributed by atoms with Crippen LogP contribution in [0.5, 0.6) is 0 Å². The van der Waals surface area contributed by atoms with Crippen LogP contribution in [-0.2, 0) is 0 Å². The molecule has 0 spiro atoms. The fraction of sp³-hybridized carbons (Fsp3) is 0.105. The average molecular weight is 365 g/mol. The number of rotatable bonds is 3. The van der Waals surface area contributed by atoms with Gasteiger partial charge in [-0.1, -0.05) is 18.2 Å². The van der Waals surface area contributed by atoms with E-state index in [1.165, 1.54) is 16.9 Å². The van der Waals surface area contributed by atoms with E-state index in [-0.39, 0.29) is 5.91 Å². The number of nitrogens with zero attached hydrogens (tertiary/aromatic N) is 2. The molecule has 1 N–H and O–H groups in total. The van der Waals surface area contributed by atoms with Crippen LogP contribution in [0.25, 0.3) is 20.9 Å². The van der Waals surface area contributed by atoms with Crippen LogP contribution < -0.4 is 5.32 Å². The summed E-state index contributed by atoms with van der Waals surface area (Å²) in [6.45, 7) is 4.03. The largest absolute Gasteiger partial charge is 0.298 e. The van der Waals surface area contributed by atoms with Gasteiger partial charge in [-0.2, -0.15) is 0 Å². The molecule has 0 aliphatic rings. The highest BCUT2D eigenvalue weighted by molar-refractivity contribution is 7.22. The number of aromatic nitrogens is 2. The van der Waals surface area contributed by atoms with Crippen molar-refractivity contribution in [3.05, 3.63) is 64.5 Å². The molecule has 0 saturated carbocycles. The zero-order chi connectivity index (χ0) is 17.4. The van der Waals surface area contributed by atoms with E-state index >= 15 is 0 Å². The van der Waals surface area contributed by atoms with Crippen molar-refractivity contribution in [3.8, 4) is 10.7 Å². The summed E-state index contributed by atoms with van der Waals surface area (Å²) in [6, 6.07) is 13.7. The summed E-state index contributed by atoms with van der Waals surface area (Å²) in [4.78, 5) is 21.5. The summed E-state index contributed by atoms with van der Waals surface area (Å²) in [6.07, 6.45) is 0. The summed E-state index contributed by atoms with van der Waals surface area (Å²) in [5.41, 5.74) is 4.67. The van der Waals surface area contributed by atoms with Gasteiger partial charge in [0.1, 0.15) is 10.7 Å². The Labute approximate surface area is 153 Å². The molecule has 0 radical (unpaired) electrons. The minimum atomic E-state index is -0.145. The first-order valence-electron chi connectivity index (χ1n) is 7.80. The number of fused-ring (bicyclic) bond motifs is 1. The van der Waals surface area contributed by atoms with Gasteiger partial charge in [0.2, 0.25) is 0 Å². The SMILES string of the molecule is Cc1ccc(C(=O)Nc2nc(-c3nc4ccccc4s3)cs2)cc1C. The second-order valence-electron chi connectivity index (χ2n) is 5.78. The fourth-order valence-corrected chi connectivity index (χ4v) is 4.15. The zero-order valence-corrected chi connectivity index (χ0v) is 15.4. The van der Waals surface area contributed by atoms with Crippen LogP contribution in [0.4, 0.5) is 5.13 Å². The Morgan fingerprint density at radius 2 is 1.88 bits per heavy atom. The van der Waals surface area contributed by atoms with Gasteiger partial charge >= 0.3 is 0 Å². The van der Waals surface area contributed by atoms with Crippen LogP contribution in [-0.4, -0.2) is 15.9 Å². The highest BCUT2D eigenvalue weighted by Gasteiger charge is 2.13. The lowest BCUT2D eigenvalue weighted by Crippen LogP contribution is -2.12. The van der Waals surface area contributed by atoms with Crippen molar-refractivity contribution in [2.45, 2.75) is 13.8 Å². The topological polar surface area (TPSA) is 54.9 Å². The van der Waals surface area contributed by atoms with Gasteiger partial charge < -0.3 is 0 Å². The summed E-state index contributed by atoms with van der Waals surface area (Å²) in [5, 5.41) is 6.24. The van der Waals surface area contributed by atoms with Crippen LogP contribution in [0.2, 0.25) is 0 Å². The van der Waals surface area contributed by atoms with Crippen molar-refractivity contribution >= 4 is 43.9 Å². The fourth-order valence-electron chi connectivity index (χ4n) is 2.46. The molecule has 0 saturated heterocycles. The molecule has 0 aliphatic heterocycles. The predicted molar refractivity (Wildman–Crippen MR) is 105 cm³/mol. The molecular formula is C19H15N3OS2. The normalized spacial score (nSPS) is 11.0. The lowest BCUT2D eigenvalue weighted by Gasteiger charge is -2.04. The number of hydrogen-bond donors (Lipinski definition) is 1. The number of para-hydroxylation sites is 1. The van der Waals surface area contributed by atoms with Gasteiger partial charge in [-0.3, -0.25) is 10.1 Å². The Morgan fingerprint density at radius 1 is 1.04 bits per heavy atom. The number of benzene rings is 2. The molecule has 2 aromatic carbocycles. The third kappa shape index (κ3) is 3.18. The lowest BCUT2D eigenvalue weighted by molar-refractivity contribution is 0.102. The van der Waals surface area contributed by atoms with Gasteiger partial charge in [-0.25, -0.2) is 9.97 Å². The molecule has 1 amide bonds. The Balaban J connectivity index is 1.56. The van der Waals surface area contributed by atoms with Gasteiger partial charge in [0.25, 0.3) is 5.91 Å². The maximum absolute atomic E-state index is 12.4. The lowest BCUT2D eigenvalue weighted by atomic mass is 10.1. The van der Waals surface area contributed by atoms with Crippen molar-refractivity contribution in [3.63, 3.8) is 0 Å². The molecule has 4 aromatic rings. The molecule has 4 nitrogen and oxygen atoms in total. The molecule has 0 unspecified atom stereocenters. The molecule has 25 heavy (non-hydrogen) atoms. The smallest absolute Gasteiger partial charge is 0.257 e. The number of thiazole rings is 2.